The minimum atomic E-state index is -3.92. The molecule has 0 fully saturated rings. The van der Waals surface area contributed by atoms with Gasteiger partial charge in [0.25, 0.3) is 0 Å². The molecule has 0 saturated heterocycles. The van der Waals surface area contributed by atoms with Crippen LogP contribution in [-0.4, -0.2) is 50.5 Å². The first-order valence-electron chi connectivity index (χ1n) is 9.22. The molecule has 0 bridgehead atoms. The first-order chi connectivity index (χ1) is 14.4. The van der Waals surface area contributed by atoms with Crippen molar-refractivity contribution in [3.05, 3.63) is 47.8 Å². The highest BCUT2D eigenvalue weighted by atomic mass is 35.5. The standard InChI is InChI=1S/C18H22ClN7O3S/c1-4-8-26-17(13-6-5-7-20-9-13)23-24-18(26)25-30(27,28)12(2)15(29-3)16-21-10-14(19)11-22-16/h5-7,9-12,15H,4,8H2,1-3H3,(H,24,25)/t12-,15-/m0/s1. The predicted molar refractivity (Wildman–Crippen MR) is 112 cm³/mol. The SMILES string of the molecule is CCCn1c(NS(=O)(=O)[C@@H](C)[C@H](OC)c2ncc(Cl)cn2)nnc1-c1cccnc1. The van der Waals surface area contributed by atoms with Crippen molar-refractivity contribution >= 4 is 27.6 Å². The number of rotatable bonds is 9. The number of nitrogens with one attached hydrogen (secondary N) is 1. The maximum Gasteiger partial charge on any atom is 0.240 e. The van der Waals surface area contributed by atoms with Gasteiger partial charge in [-0.1, -0.05) is 18.5 Å². The summed E-state index contributed by atoms with van der Waals surface area (Å²) in [6.45, 7) is 4.02. The molecule has 3 heterocycles. The predicted octanol–water partition coefficient (Wildman–Crippen LogP) is 2.71. The van der Waals surface area contributed by atoms with Gasteiger partial charge in [-0.05, 0) is 25.5 Å². The van der Waals surface area contributed by atoms with Crippen LogP contribution in [-0.2, 0) is 21.3 Å². The number of hydrogen-bond donors (Lipinski definition) is 1. The molecular formula is C18H22ClN7O3S. The summed E-state index contributed by atoms with van der Waals surface area (Å²) in [4.78, 5) is 12.3. The molecule has 0 aromatic carbocycles. The van der Waals surface area contributed by atoms with Crippen LogP contribution in [0.3, 0.4) is 0 Å². The van der Waals surface area contributed by atoms with Gasteiger partial charge in [-0.25, -0.2) is 18.4 Å². The van der Waals surface area contributed by atoms with E-state index in [1.807, 2.05) is 13.0 Å². The van der Waals surface area contributed by atoms with Crippen molar-refractivity contribution in [2.45, 2.75) is 38.2 Å². The van der Waals surface area contributed by atoms with E-state index in [1.165, 1.54) is 26.4 Å². The van der Waals surface area contributed by atoms with Crippen molar-refractivity contribution in [2.75, 3.05) is 11.8 Å². The number of sulfonamides is 1. The van der Waals surface area contributed by atoms with Crippen LogP contribution < -0.4 is 4.72 Å². The molecule has 0 aliphatic carbocycles. The Labute approximate surface area is 179 Å². The minimum absolute atomic E-state index is 0.120. The largest absolute Gasteiger partial charge is 0.372 e. The number of methoxy groups -OCH3 is 1. The molecule has 0 radical (unpaired) electrons. The highest BCUT2D eigenvalue weighted by Gasteiger charge is 2.34. The number of anilines is 1. The second kappa shape index (κ2) is 9.45. The van der Waals surface area contributed by atoms with Gasteiger partial charge in [0.2, 0.25) is 16.0 Å². The lowest BCUT2D eigenvalue weighted by Crippen LogP contribution is -2.33. The molecule has 0 spiro atoms. The van der Waals surface area contributed by atoms with E-state index in [0.717, 1.165) is 12.0 Å². The molecular weight excluding hydrogens is 430 g/mol. The average Bonchev–Trinajstić information content (AvgIpc) is 3.12. The van der Waals surface area contributed by atoms with Crippen LogP contribution in [0.15, 0.2) is 36.9 Å². The fourth-order valence-electron chi connectivity index (χ4n) is 2.88. The molecule has 0 aliphatic heterocycles. The van der Waals surface area contributed by atoms with Gasteiger partial charge in [0, 0.05) is 44.0 Å². The van der Waals surface area contributed by atoms with Crippen molar-refractivity contribution in [1.29, 1.82) is 0 Å². The van der Waals surface area contributed by atoms with E-state index in [9.17, 15) is 8.42 Å². The highest BCUT2D eigenvalue weighted by molar-refractivity contribution is 7.93. The number of pyridine rings is 1. The van der Waals surface area contributed by atoms with E-state index in [-0.39, 0.29) is 11.8 Å². The highest BCUT2D eigenvalue weighted by Crippen LogP contribution is 2.26. The molecule has 0 amide bonds. The summed E-state index contributed by atoms with van der Waals surface area (Å²) >= 11 is 5.82. The first-order valence-corrected chi connectivity index (χ1v) is 11.1. The minimum Gasteiger partial charge on any atom is -0.372 e. The third-order valence-corrected chi connectivity index (χ3v) is 6.30. The zero-order valence-electron chi connectivity index (χ0n) is 16.7. The molecule has 2 atom stereocenters. The Balaban J connectivity index is 1.90. The molecule has 160 valence electrons. The van der Waals surface area contributed by atoms with Gasteiger partial charge >= 0.3 is 0 Å². The molecule has 10 nitrogen and oxygen atoms in total. The maximum absolute atomic E-state index is 13.1. The summed E-state index contributed by atoms with van der Waals surface area (Å²) in [5, 5.41) is 7.54. The Bertz CT molecular complexity index is 1070. The zero-order chi connectivity index (χ0) is 21.7. The Hall–Kier alpha value is -2.63. The van der Waals surface area contributed by atoms with E-state index in [2.05, 4.69) is 29.9 Å². The maximum atomic E-state index is 13.1. The van der Waals surface area contributed by atoms with Gasteiger partial charge in [0.1, 0.15) is 11.4 Å². The topological polar surface area (TPSA) is 125 Å². The van der Waals surface area contributed by atoms with Gasteiger partial charge in [0.15, 0.2) is 11.6 Å². The summed E-state index contributed by atoms with van der Waals surface area (Å²) < 4.78 is 35.8. The summed E-state index contributed by atoms with van der Waals surface area (Å²) in [6.07, 6.45) is 5.94. The van der Waals surface area contributed by atoms with E-state index < -0.39 is 21.4 Å². The van der Waals surface area contributed by atoms with E-state index in [0.29, 0.717) is 17.4 Å². The normalized spacial score (nSPS) is 13.7. The van der Waals surface area contributed by atoms with Gasteiger partial charge < -0.3 is 4.74 Å². The van der Waals surface area contributed by atoms with Crippen molar-refractivity contribution < 1.29 is 13.2 Å². The third kappa shape index (κ3) is 4.74. The van der Waals surface area contributed by atoms with E-state index >= 15 is 0 Å². The van der Waals surface area contributed by atoms with Crippen LogP contribution in [0, 0.1) is 0 Å². The second-order valence-corrected chi connectivity index (χ2v) is 8.98. The van der Waals surface area contributed by atoms with Gasteiger partial charge in [0.05, 0.1) is 5.02 Å². The molecule has 1 N–H and O–H groups in total. The average molecular weight is 452 g/mol. The van der Waals surface area contributed by atoms with Crippen molar-refractivity contribution in [2.24, 2.45) is 0 Å². The summed E-state index contributed by atoms with van der Waals surface area (Å²) in [5.74, 6) is 0.861. The smallest absolute Gasteiger partial charge is 0.240 e. The van der Waals surface area contributed by atoms with Crippen LogP contribution in [0.2, 0.25) is 5.02 Å². The molecule has 12 heteroatoms. The number of hydrogen-bond acceptors (Lipinski definition) is 8. The monoisotopic (exact) mass is 451 g/mol. The number of halogens is 1. The quantitative estimate of drug-likeness (QED) is 0.526. The van der Waals surface area contributed by atoms with Crippen molar-refractivity contribution in [3.63, 3.8) is 0 Å². The molecule has 0 saturated carbocycles. The molecule has 3 aromatic rings. The van der Waals surface area contributed by atoms with Crippen LogP contribution in [0.1, 0.15) is 32.2 Å². The summed E-state index contributed by atoms with van der Waals surface area (Å²) in [7, 11) is -2.52. The number of aromatic nitrogens is 6. The van der Waals surface area contributed by atoms with Gasteiger partial charge in [-0.15, -0.1) is 10.2 Å². The molecule has 3 aromatic heterocycles. The molecule has 3 rings (SSSR count). The third-order valence-electron chi connectivity index (χ3n) is 4.42. The Kier molecular flexibility index (Phi) is 6.95. The van der Waals surface area contributed by atoms with Crippen molar-refractivity contribution in [3.8, 4) is 11.4 Å². The Morgan fingerprint density at radius 2 is 1.97 bits per heavy atom. The van der Waals surface area contributed by atoms with Crippen LogP contribution >= 0.6 is 11.6 Å². The Morgan fingerprint density at radius 1 is 1.23 bits per heavy atom. The van der Waals surface area contributed by atoms with Gasteiger partial charge in [-0.2, -0.15) is 0 Å². The molecule has 30 heavy (non-hydrogen) atoms. The lowest BCUT2D eigenvalue weighted by molar-refractivity contribution is 0.0950. The van der Waals surface area contributed by atoms with Crippen LogP contribution in [0.5, 0.6) is 0 Å². The second-order valence-electron chi connectivity index (χ2n) is 6.51. The van der Waals surface area contributed by atoms with Crippen LogP contribution in [0.4, 0.5) is 5.95 Å². The lowest BCUT2D eigenvalue weighted by Gasteiger charge is -2.22. The number of nitrogens with zero attached hydrogens (tertiary/aromatic N) is 6. The molecule has 0 unspecified atom stereocenters. The van der Waals surface area contributed by atoms with E-state index in [4.69, 9.17) is 16.3 Å². The molecule has 0 aliphatic rings. The first kappa shape index (κ1) is 22.1. The number of ether oxygens (including phenoxy) is 1. The summed E-state index contributed by atoms with van der Waals surface area (Å²) in [6, 6.07) is 3.62. The fourth-order valence-corrected chi connectivity index (χ4v) is 4.13. The zero-order valence-corrected chi connectivity index (χ0v) is 18.3. The fraction of sp³-hybridized carbons (Fsp3) is 0.389. The van der Waals surface area contributed by atoms with Gasteiger partial charge in [-0.3, -0.25) is 14.3 Å². The summed E-state index contributed by atoms with van der Waals surface area (Å²) in [5.41, 5.74) is 0.737. The Morgan fingerprint density at radius 3 is 2.57 bits per heavy atom. The lowest BCUT2D eigenvalue weighted by atomic mass is 10.2. The van der Waals surface area contributed by atoms with Crippen LogP contribution in [0.25, 0.3) is 11.4 Å². The van der Waals surface area contributed by atoms with Crippen molar-refractivity contribution in [1.82, 2.24) is 29.7 Å². The van der Waals surface area contributed by atoms with E-state index in [1.54, 1.807) is 23.0 Å².